The van der Waals surface area contributed by atoms with Crippen molar-refractivity contribution in [2.75, 3.05) is 12.9 Å². The number of hydrogen-bond donors (Lipinski definition) is 1. The van der Waals surface area contributed by atoms with Crippen molar-refractivity contribution in [3.63, 3.8) is 0 Å². The fourth-order valence-electron chi connectivity index (χ4n) is 3.86. The van der Waals surface area contributed by atoms with E-state index in [0.717, 1.165) is 37.5 Å². The van der Waals surface area contributed by atoms with Crippen molar-refractivity contribution in [3.05, 3.63) is 35.9 Å². The molecule has 24 heavy (non-hydrogen) atoms. The van der Waals surface area contributed by atoms with E-state index in [1.54, 1.807) is 0 Å². The Morgan fingerprint density at radius 1 is 1.21 bits per heavy atom. The predicted molar refractivity (Wildman–Crippen MR) is 88.7 cm³/mol. The van der Waals surface area contributed by atoms with Crippen molar-refractivity contribution < 1.29 is 22.1 Å². The van der Waals surface area contributed by atoms with Crippen molar-refractivity contribution in [2.24, 2.45) is 11.3 Å². The standard InChI is InChI=1S/C17H23NO5S/c1-24(20,21)23-12-14-7-17(8-14)9-15(10-17)18-16(19)22-11-13-5-3-2-4-6-13/h2-6,14-15H,7-12H2,1H3,(H,18,19). The van der Waals surface area contributed by atoms with Crippen molar-refractivity contribution in [1.29, 1.82) is 0 Å². The summed E-state index contributed by atoms with van der Waals surface area (Å²) in [6.45, 7) is 0.549. The molecule has 0 atom stereocenters. The lowest BCUT2D eigenvalue weighted by Gasteiger charge is -2.57. The molecule has 0 bridgehead atoms. The third-order valence-electron chi connectivity index (χ3n) is 4.85. The van der Waals surface area contributed by atoms with Gasteiger partial charge in [-0.25, -0.2) is 4.79 Å². The summed E-state index contributed by atoms with van der Waals surface area (Å²) in [6, 6.07) is 9.73. The fourth-order valence-corrected chi connectivity index (χ4v) is 4.29. The number of ether oxygens (including phenoxy) is 1. The third kappa shape index (κ3) is 4.48. The summed E-state index contributed by atoms with van der Waals surface area (Å²) in [5.41, 5.74) is 1.23. The average molecular weight is 353 g/mol. The zero-order valence-corrected chi connectivity index (χ0v) is 14.6. The Kier molecular flexibility index (Phi) is 4.83. The normalized spacial score (nSPS) is 28.7. The summed E-state index contributed by atoms with van der Waals surface area (Å²) in [7, 11) is -3.35. The Morgan fingerprint density at radius 3 is 2.50 bits per heavy atom. The van der Waals surface area contributed by atoms with Gasteiger partial charge >= 0.3 is 6.09 Å². The molecule has 0 aromatic heterocycles. The highest BCUT2D eigenvalue weighted by Gasteiger charge is 2.53. The van der Waals surface area contributed by atoms with Gasteiger partial charge in [0, 0.05) is 6.04 Å². The maximum absolute atomic E-state index is 11.8. The topological polar surface area (TPSA) is 81.7 Å². The molecule has 6 nitrogen and oxygen atoms in total. The molecule has 0 radical (unpaired) electrons. The quantitative estimate of drug-likeness (QED) is 0.795. The molecule has 7 heteroatoms. The molecule has 1 spiro atoms. The van der Waals surface area contributed by atoms with Gasteiger partial charge in [0.2, 0.25) is 0 Å². The number of carbonyl (C=O) groups excluding carboxylic acids is 1. The molecule has 2 aliphatic carbocycles. The second-order valence-electron chi connectivity index (χ2n) is 7.07. The first-order valence-corrected chi connectivity index (χ1v) is 9.97. The Bertz CT molecular complexity index is 674. The third-order valence-corrected chi connectivity index (χ3v) is 5.42. The van der Waals surface area contributed by atoms with Crippen LogP contribution >= 0.6 is 0 Å². The molecule has 0 heterocycles. The Labute approximate surface area is 142 Å². The number of hydrogen-bond acceptors (Lipinski definition) is 5. The van der Waals surface area contributed by atoms with Crippen LogP contribution in [0.2, 0.25) is 0 Å². The van der Waals surface area contributed by atoms with E-state index in [9.17, 15) is 13.2 Å². The van der Waals surface area contributed by atoms with E-state index in [1.807, 2.05) is 30.3 Å². The molecule has 132 valence electrons. The zero-order chi connectivity index (χ0) is 17.2. The molecule has 1 aromatic carbocycles. The highest BCUT2D eigenvalue weighted by molar-refractivity contribution is 7.85. The summed E-state index contributed by atoms with van der Waals surface area (Å²) < 4.78 is 32.0. The maximum Gasteiger partial charge on any atom is 0.407 e. The zero-order valence-electron chi connectivity index (χ0n) is 13.7. The van der Waals surface area contributed by atoms with Crippen LogP contribution in [0.5, 0.6) is 0 Å². The average Bonchev–Trinajstić information content (AvgIpc) is 2.45. The van der Waals surface area contributed by atoms with E-state index in [-0.39, 0.29) is 30.8 Å². The maximum atomic E-state index is 11.8. The van der Waals surface area contributed by atoms with Crippen LogP contribution in [0, 0.1) is 11.3 Å². The number of benzene rings is 1. The van der Waals surface area contributed by atoms with Crippen LogP contribution in [0.25, 0.3) is 0 Å². The molecular formula is C17H23NO5S. The van der Waals surface area contributed by atoms with E-state index in [2.05, 4.69) is 5.32 Å². The van der Waals surface area contributed by atoms with Crippen LogP contribution in [0.1, 0.15) is 31.2 Å². The lowest BCUT2D eigenvalue weighted by Crippen LogP contribution is -2.56. The van der Waals surface area contributed by atoms with Gasteiger partial charge in [-0.1, -0.05) is 30.3 Å². The largest absolute Gasteiger partial charge is 0.445 e. The smallest absolute Gasteiger partial charge is 0.407 e. The van der Waals surface area contributed by atoms with Gasteiger partial charge in [-0.05, 0) is 42.6 Å². The highest BCUT2D eigenvalue weighted by atomic mass is 32.2. The molecule has 1 N–H and O–H groups in total. The van der Waals surface area contributed by atoms with E-state index in [0.29, 0.717) is 5.92 Å². The molecule has 0 unspecified atom stereocenters. The Morgan fingerprint density at radius 2 is 1.88 bits per heavy atom. The van der Waals surface area contributed by atoms with Gasteiger partial charge in [-0.3, -0.25) is 4.18 Å². The van der Waals surface area contributed by atoms with Gasteiger partial charge in [0.15, 0.2) is 0 Å². The van der Waals surface area contributed by atoms with Crippen LogP contribution in [0.15, 0.2) is 30.3 Å². The first-order valence-electron chi connectivity index (χ1n) is 8.15. The van der Waals surface area contributed by atoms with E-state index in [4.69, 9.17) is 8.92 Å². The first kappa shape index (κ1) is 17.2. The number of nitrogens with one attached hydrogen (secondary N) is 1. The van der Waals surface area contributed by atoms with E-state index < -0.39 is 10.1 Å². The van der Waals surface area contributed by atoms with Gasteiger partial charge < -0.3 is 10.1 Å². The molecule has 1 amide bonds. The van der Waals surface area contributed by atoms with E-state index in [1.165, 1.54) is 0 Å². The fraction of sp³-hybridized carbons (Fsp3) is 0.588. The monoisotopic (exact) mass is 353 g/mol. The second kappa shape index (κ2) is 6.72. The summed E-state index contributed by atoms with van der Waals surface area (Å²) in [5.74, 6) is 0.311. The molecule has 3 rings (SSSR count). The first-order chi connectivity index (χ1) is 11.3. The molecule has 0 aliphatic heterocycles. The van der Waals surface area contributed by atoms with Crippen LogP contribution in [-0.4, -0.2) is 33.4 Å². The Balaban J connectivity index is 1.31. The van der Waals surface area contributed by atoms with Crippen molar-refractivity contribution in [3.8, 4) is 0 Å². The second-order valence-corrected chi connectivity index (χ2v) is 8.72. The van der Waals surface area contributed by atoms with Gasteiger partial charge in [0.05, 0.1) is 12.9 Å². The summed E-state index contributed by atoms with van der Waals surface area (Å²) in [5, 5.41) is 2.89. The molecule has 2 fully saturated rings. The minimum absolute atomic E-state index is 0.157. The lowest BCUT2D eigenvalue weighted by atomic mass is 9.50. The minimum Gasteiger partial charge on any atom is -0.445 e. The summed E-state index contributed by atoms with van der Waals surface area (Å²) in [4.78, 5) is 11.8. The highest BCUT2D eigenvalue weighted by Crippen LogP contribution is 2.58. The molecular weight excluding hydrogens is 330 g/mol. The SMILES string of the molecule is CS(=O)(=O)OCC1CC2(C1)CC(NC(=O)OCc1ccccc1)C2. The van der Waals surface area contributed by atoms with Gasteiger partial charge in [-0.15, -0.1) is 0 Å². The van der Waals surface area contributed by atoms with Crippen LogP contribution in [-0.2, 0) is 25.6 Å². The number of rotatable bonds is 6. The number of amides is 1. The van der Waals surface area contributed by atoms with Gasteiger partial charge in [0.1, 0.15) is 6.61 Å². The number of carbonyl (C=O) groups is 1. The van der Waals surface area contributed by atoms with Gasteiger partial charge in [0.25, 0.3) is 10.1 Å². The van der Waals surface area contributed by atoms with Gasteiger partial charge in [-0.2, -0.15) is 8.42 Å². The summed E-state index contributed by atoms with van der Waals surface area (Å²) >= 11 is 0. The predicted octanol–water partition coefficient (Wildman–Crippen LogP) is 2.45. The van der Waals surface area contributed by atoms with Crippen LogP contribution in [0.4, 0.5) is 4.79 Å². The molecule has 0 saturated heterocycles. The van der Waals surface area contributed by atoms with Crippen molar-refractivity contribution >= 4 is 16.2 Å². The molecule has 2 aliphatic rings. The Hall–Kier alpha value is -1.60. The number of alkyl carbamates (subject to hydrolysis) is 1. The van der Waals surface area contributed by atoms with Crippen molar-refractivity contribution in [2.45, 2.75) is 38.3 Å². The van der Waals surface area contributed by atoms with Crippen LogP contribution in [0.3, 0.4) is 0 Å². The molecule has 2 saturated carbocycles. The summed E-state index contributed by atoms with van der Waals surface area (Å²) in [6.07, 6.45) is 4.51. The van der Waals surface area contributed by atoms with Crippen LogP contribution < -0.4 is 5.32 Å². The van der Waals surface area contributed by atoms with Crippen molar-refractivity contribution in [1.82, 2.24) is 5.32 Å². The lowest BCUT2D eigenvalue weighted by molar-refractivity contribution is -0.0613. The molecule has 1 aromatic rings. The minimum atomic E-state index is -3.35. The van der Waals surface area contributed by atoms with E-state index >= 15 is 0 Å².